The third kappa shape index (κ3) is 3.70. The van der Waals surface area contributed by atoms with Crippen LogP contribution in [-0.2, 0) is 9.53 Å². The highest BCUT2D eigenvalue weighted by Crippen LogP contribution is 2.41. The maximum atomic E-state index is 12.3. The number of carbonyl (C=O) groups is 1. The standard InChI is InChI=1S/C21H23N5O2S2/c1-4-28-17(27)12-25-19(18(24-20(25)29)16-7-5-6-8-22-16)15-11-13(2)26(14(15)3)21-23-9-10-30-21/h5-11,18-19H,4,12H2,1-3H3,(H,24,29)/t18-,19+/m0/s1. The quantitative estimate of drug-likeness (QED) is 0.464. The van der Waals surface area contributed by atoms with Crippen LogP contribution in [0.25, 0.3) is 5.13 Å². The molecule has 9 heteroatoms. The van der Waals surface area contributed by atoms with Crippen LogP contribution in [0.2, 0.25) is 0 Å². The maximum absolute atomic E-state index is 12.3. The van der Waals surface area contributed by atoms with Gasteiger partial charge in [0.25, 0.3) is 0 Å². The zero-order valence-corrected chi connectivity index (χ0v) is 18.7. The number of aromatic nitrogens is 3. The number of rotatable bonds is 6. The molecule has 2 atom stereocenters. The Morgan fingerprint density at radius 2 is 2.13 bits per heavy atom. The van der Waals surface area contributed by atoms with E-state index in [1.165, 1.54) is 0 Å². The van der Waals surface area contributed by atoms with Crippen molar-refractivity contribution in [3.63, 3.8) is 0 Å². The van der Waals surface area contributed by atoms with Crippen molar-refractivity contribution in [1.82, 2.24) is 24.8 Å². The van der Waals surface area contributed by atoms with Crippen molar-refractivity contribution < 1.29 is 9.53 Å². The first-order chi connectivity index (χ1) is 14.5. The van der Waals surface area contributed by atoms with Crippen LogP contribution in [0.1, 0.15) is 41.7 Å². The topological polar surface area (TPSA) is 72.3 Å². The van der Waals surface area contributed by atoms with Gasteiger partial charge in [0.05, 0.1) is 24.4 Å². The Bertz CT molecular complexity index is 1050. The largest absolute Gasteiger partial charge is 0.465 e. The van der Waals surface area contributed by atoms with Crippen LogP contribution in [0.15, 0.2) is 42.0 Å². The summed E-state index contributed by atoms with van der Waals surface area (Å²) < 4.78 is 7.34. The van der Waals surface area contributed by atoms with E-state index in [1.807, 2.05) is 28.5 Å². The van der Waals surface area contributed by atoms with Crippen LogP contribution in [0.4, 0.5) is 0 Å². The molecule has 1 fully saturated rings. The summed E-state index contributed by atoms with van der Waals surface area (Å²) >= 11 is 7.21. The second-order valence-electron chi connectivity index (χ2n) is 7.04. The number of carbonyl (C=O) groups excluding carboxylic acids is 1. The highest BCUT2D eigenvalue weighted by molar-refractivity contribution is 7.80. The lowest BCUT2D eigenvalue weighted by Gasteiger charge is -2.27. The third-order valence-electron chi connectivity index (χ3n) is 5.20. The molecule has 7 nitrogen and oxygen atoms in total. The molecule has 3 aromatic heterocycles. The monoisotopic (exact) mass is 441 g/mol. The van der Waals surface area contributed by atoms with Gasteiger partial charge in [-0.05, 0) is 56.8 Å². The van der Waals surface area contributed by atoms with E-state index in [9.17, 15) is 4.79 Å². The predicted octanol–water partition coefficient (Wildman–Crippen LogP) is 3.48. The average Bonchev–Trinajstić information content (AvgIpc) is 3.42. The molecule has 0 bridgehead atoms. The lowest BCUT2D eigenvalue weighted by atomic mass is 9.97. The van der Waals surface area contributed by atoms with Crippen molar-refractivity contribution in [2.45, 2.75) is 32.9 Å². The van der Waals surface area contributed by atoms with Crippen molar-refractivity contribution >= 4 is 34.6 Å². The fourth-order valence-electron chi connectivity index (χ4n) is 3.97. The molecule has 4 rings (SSSR count). The maximum Gasteiger partial charge on any atom is 0.325 e. The Hall–Kier alpha value is -2.78. The fourth-order valence-corrected chi connectivity index (χ4v) is 5.02. The molecule has 1 aliphatic rings. The third-order valence-corrected chi connectivity index (χ3v) is 6.31. The minimum Gasteiger partial charge on any atom is -0.465 e. The van der Waals surface area contributed by atoms with Gasteiger partial charge in [0.15, 0.2) is 10.2 Å². The summed E-state index contributed by atoms with van der Waals surface area (Å²) in [4.78, 5) is 23.3. The Labute approximate surface area is 184 Å². The minimum atomic E-state index is -0.304. The Morgan fingerprint density at radius 3 is 2.80 bits per heavy atom. The molecule has 1 N–H and O–H groups in total. The molecule has 1 saturated heterocycles. The van der Waals surface area contributed by atoms with Crippen LogP contribution >= 0.6 is 23.6 Å². The highest BCUT2D eigenvalue weighted by Gasteiger charge is 2.42. The van der Waals surface area contributed by atoms with Gasteiger partial charge in [-0.1, -0.05) is 6.07 Å². The van der Waals surface area contributed by atoms with E-state index in [0.717, 1.165) is 27.8 Å². The molecule has 0 unspecified atom stereocenters. The molecule has 156 valence electrons. The van der Waals surface area contributed by atoms with E-state index < -0.39 is 0 Å². The molecular formula is C21H23N5O2S2. The van der Waals surface area contributed by atoms with Gasteiger partial charge in [-0.25, -0.2) is 4.98 Å². The van der Waals surface area contributed by atoms with E-state index in [0.29, 0.717) is 11.7 Å². The van der Waals surface area contributed by atoms with Crippen molar-refractivity contribution in [2.24, 2.45) is 0 Å². The van der Waals surface area contributed by atoms with Gasteiger partial charge in [-0.15, -0.1) is 11.3 Å². The van der Waals surface area contributed by atoms with Crippen molar-refractivity contribution in [2.75, 3.05) is 13.2 Å². The first kappa shape index (κ1) is 20.5. The number of aryl methyl sites for hydroxylation is 1. The number of thiocarbonyl (C=S) groups is 1. The van der Waals surface area contributed by atoms with E-state index in [4.69, 9.17) is 17.0 Å². The highest BCUT2D eigenvalue weighted by atomic mass is 32.1. The number of hydrogen-bond acceptors (Lipinski definition) is 6. The first-order valence-corrected chi connectivity index (χ1v) is 11.0. The molecule has 1 aliphatic heterocycles. The molecule has 30 heavy (non-hydrogen) atoms. The second kappa shape index (κ2) is 8.53. The Morgan fingerprint density at radius 1 is 1.30 bits per heavy atom. The van der Waals surface area contributed by atoms with Gasteiger partial charge < -0.3 is 15.0 Å². The summed E-state index contributed by atoms with van der Waals surface area (Å²) in [6.45, 7) is 6.34. The molecule has 0 saturated carbocycles. The molecule has 0 amide bonds. The van der Waals surface area contributed by atoms with Gasteiger partial charge in [0.1, 0.15) is 6.54 Å². The molecular weight excluding hydrogens is 418 g/mol. The summed E-state index contributed by atoms with van der Waals surface area (Å²) in [5.41, 5.74) is 4.09. The van der Waals surface area contributed by atoms with Gasteiger partial charge >= 0.3 is 5.97 Å². The molecule has 0 spiro atoms. The minimum absolute atomic E-state index is 0.0780. The zero-order chi connectivity index (χ0) is 21.3. The first-order valence-electron chi connectivity index (χ1n) is 9.73. The summed E-state index contributed by atoms with van der Waals surface area (Å²) in [5.74, 6) is -0.304. The van der Waals surface area contributed by atoms with Crippen LogP contribution in [0.5, 0.6) is 0 Å². The van der Waals surface area contributed by atoms with Crippen LogP contribution in [0.3, 0.4) is 0 Å². The zero-order valence-electron chi connectivity index (χ0n) is 17.0. The number of esters is 1. The summed E-state index contributed by atoms with van der Waals surface area (Å²) in [6.07, 6.45) is 3.57. The number of nitrogens with zero attached hydrogens (tertiary/aromatic N) is 4. The fraction of sp³-hybridized carbons (Fsp3) is 0.333. The van der Waals surface area contributed by atoms with Crippen LogP contribution in [0, 0.1) is 13.8 Å². The molecule has 3 aromatic rings. The second-order valence-corrected chi connectivity index (χ2v) is 8.30. The average molecular weight is 442 g/mol. The van der Waals surface area contributed by atoms with E-state index in [1.54, 1.807) is 30.7 Å². The Balaban J connectivity index is 1.80. The summed E-state index contributed by atoms with van der Waals surface area (Å²) in [7, 11) is 0. The number of pyridine rings is 1. The number of ether oxygens (including phenoxy) is 1. The van der Waals surface area contributed by atoms with E-state index in [2.05, 4.69) is 39.8 Å². The Kier molecular flexibility index (Phi) is 5.83. The van der Waals surface area contributed by atoms with Gasteiger partial charge in [-0.3, -0.25) is 14.3 Å². The van der Waals surface area contributed by atoms with Crippen LogP contribution in [-0.4, -0.2) is 43.7 Å². The van der Waals surface area contributed by atoms with Crippen molar-refractivity contribution in [3.05, 3.63) is 64.7 Å². The summed E-state index contributed by atoms with van der Waals surface area (Å²) in [6, 6.07) is 7.58. The summed E-state index contributed by atoms with van der Waals surface area (Å²) in [5, 5.41) is 6.76. The predicted molar refractivity (Wildman–Crippen MR) is 120 cm³/mol. The SMILES string of the molecule is CCOC(=O)CN1C(=S)N[C@@H](c2ccccn2)[C@H]1c1cc(C)n(-c2nccs2)c1C. The van der Waals surface area contributed by atoms with Gasteiger partial charge in [-0.2, -0.15) is 0 Å². The smallest absolute Gasteiger partial charge is 0.325 e. The van der Waals surface area contributed by atoms with Crippen LogP contribution < -0.4 is 5.32 Å². The van der Waals surface area contributed by atoms with Gasteiger partial charge in [0.2, 0.25) is 0 Å². The number of nitrogens with one attached hydrogen (secondary N) is 1. The normalized spacial score (nSPS) is 18.5. The number of thiazole rings is 1. The lowest BCUT2D eigenvalue weighted by Crippen LogP contribution is -2.35. The molecule has 0 aromatic carbocycles. The number of hydrogen-bond donors (Lipinski definition) is 1. The van der Waals surface area contributed by atoms with Crippen molar-refractivity contribution in [3.8, 4) is 5.13 Å². The lowest BCUT2D eigenvalue weighted by molar-refractivity contribution is -0.143. The van der Waals surface area contributed by atoms with E-state index >= 15 is 0 Å². The van der Waals surface area contributed by atoms with Crippen molar-refractivity contribution in [1.29, 1.82) is 0 Å². The molecule has 0 radical (unpaired) electrons. The molecule has 0 aliphatic carbocycles. The van der Waals surface area contributed by atoms with E-state index in [-0.39, 0.29) is 24.6 Å². The molecule has 4 heterocycles. The van der Waals surface area contributed by atoms with Gasteiger partial charge in [0, 0.05) is 29.2 Å².